The van der Waals surface area contributed by atoms with Crippen molar-refractivity contribution < 1.29 is 4.74 Å². The maximum absolute atomic E-state index is 5.03. The van der Waals surface area contributed by atoms with Crippen molar-refractivity contribution in [2.24, 2.45) is 4.99 Å². The lowest BCUT2D eigenvalue weighted by molar-refractivity contribution is 0.204. The van der Waals surface area contributed by atoms with Crippen LogP contribution in [0.25, 0.3) is 6.08 Å². The first-order valence-electron chi connectivity index (χ1n) is 9.27. The molecule has 0 atom stereocenters. The molecule has 0 heterocycles. The van der Waals surface area contributed by atoms with Crippen LogP contribution in [-0.2, 0) is 11.2 Å². The second-order valence-electron chi connectivity index (χ2n) is 6.13. The highest BCUT2D eigenvalue weighted by molar-refractivity contribution is 5.97. The summed E-state index contributed by atoms with van der Waals surface area (Å²) in [6.07, 6.45) is 15.8. The fourth-order valence-corrected chi connectivity index (χ4v) is 2.64. The van der Waals surface area contributed by atoms with Gasteiger partial charge >= 0.3 is 0 Å². The van der Waals surface area contributed by atoms with E-state index in [0.29, 0.717) is 0 Å². The van der Waals surface area contributed by atoms with Gasteiger partial charge in [-0.1, -0.05) is 56.0 Å². The molecule has 1 aromatic rings. The highest BCUT2D eigenvalue weighted by atomic mass is 16.5. The molecule has 0 amide bonds. The Kier molecular flexibility index (Phi) is 11.3. The van der Waals surface area contributed by atoms with Crippen LogP contribution in [0.2, 0.25) is 0 Å². The third kappa shape index (κ3) is 8.64. The number of hydrogen-bond acceptors (Lipinski definition) is 2. The van der Waals surface area contributed by atoms with Gasteiger partial charge in [-0.05, 0) is 55.4 Å². The molecule has 0 spiro atoms. The third-order valence-corrected chi connectivity index (χ3v) is 3.99. The summed E-state index contributed by atoms with van der Waals surface area (Å²) in [6.45, 7) is 9.94. The minimum atomic E-state index is 0.794. The van der Waals surface area contributed by atoms with E-state index in [1.165, 1.54) is 16.7 Å². The number of ether oxygens (including phenoxy) is 1. The number of benzene rings is 1. The zero-order chi connectivity index (χ0) is 18.3. The first-order valence-corrected chi connectivity index (χ1v) is 9.27. The standard InChI is InChI=1S/C23H33NO/c1-5-17-24-22(16-11-9-7-8-10-12-18-25-4)19-21-15-13-14-20(3)23(21)6-2/h6,8,10-11,13-16H,2,5,7,9,12,17-19H2,1,3-4H3/b10-8+,16-11+,24-22-. The van der Waals surface area contributed by atoms with E-state index in [0.717, 1.165) is 51.0 Å². The molecule has 0 aliphatic carbocycles. The molecular weight excluding hydrogens is 306 g/mol. The lowest BCUT2D eigenvalue weighted by Crippen LogP contribution is -2.03. The van der Waals surface area contributed by atoms with Gasteiger partial charge in [-0.25, -0.2) is 0 Å². The minimum Gasteiger partial charge on any atom is -0.384 e. The fourth-order valence-electron chi connectivity index (χ4n) is 2.64. The number of allylic oxidation sites excluding steroid dienone is 3. The Morgan fingerprint density at radius 3 is 2.64 bits per heavy atom. The van der Waals surface area contributed by atoms with Crippen LogP contribution in [0, 0.1) is 6.92 Å². The normalized spacial score (nSPS) is 12.4. The largest absolute Gasteiger partial charge is 0.384 e. The molecule has 0 aliphatic rings. The van der Waals surface area contributed by atoms with Crippen LogP contribution < -0.4 is 0 Å². The smallest absolute Gasteiger partial charge is 0.0496 e. The van der Waals surface area contributed by atoms with E-state index in [1.54, 1.807) is 7.11 Å². The van der Waals surface area contributed by atoms with Crippen molar-refractivity contribution >= 4 is 11.8 Å². The average molecular weight is 340 g/mol. The van der Waals surface area contributed by atoms with Crippen molar-refractivity contribution in [3.8, 4) is 0 Å². The van der Waals surface area contributed by atoms with E-state index in [4.69, 9.17) is 9.73 Å². The van der Waals surface area contributed by atoms with Crippen molar-refractivity contribution in [2.45, 2.75) is 46.0 Å². The SMILES string of the molecule is C=Cc1c(C)cccc1CC(/C=C/CC/C=C/CCOC)=N\CCC. The van der Waals surface area contributed by atoms with Crippen molar-refractivity contribution in [2.75, 3.05) is 20.3 Å². The molecule has 0 radical (unpaired) electrons. The Balaban J connectivity index is 2.66. The third-order valence-electron chi connectivity index (χ3n) is 3.99. The monoisotopic (exact) mass is 339 g/mol. The predicted molar refractivity (Wildman–Crippen MR) is 112 cm³/mol. The Labute approximate surface area is 154 Å². The molecule has 0 bridgehead atoms. The number of aryl methyl sites for hydroxylation is 1. The number of methoxy groups -OCH3 is 1. The Morgan fingerprint density at radius 2 is 1.92 bits per heavy atom. The number of aliphatic imine (C=N–C) groups is 1. The molecular formula is C23H33NO. The summed E-state index contributed by atoms with van der Waals surface area (Å²) in [5.41, 5.74) is 4.96. The van der Waals surface area contributed by atoms with Gasteiger partial charge in [0.25, 0.3) is 0 Å². The van der Waals surface area contributed by atoms with Gasteiger partial charge in [0.05, 0.1) is 0 Å². The average Bonchev–Trinajstić information content (AvgIpc) is 2.61. The van der Waals surface area contributed by atoms with E-state index in [2.05, 4.69) is 62.9 Å². The van der Waals surface area contributed by atoms with E-state index >= 15 is 0 Å². The van der Waals surface area contributed by atoms with Gasteiger partial charge in [0.15, 0.2) is 0 Å². The molecule has 25 heavy (non-hydrogen) atoms. The predicted octanol–water partition coefficient (Wildman–Crippen LogP) is 5.96. The summed E-state index contributed by atoms with van der Waals surface area (Å²) >= 11 is 0. The molecule has 0 saturated carbocycles. The summed E-state index contributed by atoms with van der Waals surface area (Å²) in [4.78, 5) is 4.76. The first kappa shape index (κ1) is 21.1. The van der Waals surface area contributed by atoms with Crippen molar-refractivity contribution in [3.63, 3.8) is 0 Å². The van der Waals surface area contributed by atoms with Gasteiger partial charge in [-0.15, -0.1) is 0 Å². The number of nitrogens with zero attached hydrogens (tertiary/aromatic N) is 1. The maximum atomic E-state index is 5.03. The molecule has 0 saturated heterocycles. The van der Waals surface area contributed by atoms with Crippen LogP contribution in [0.3, 0.4) is 0 Å². The van der Waals surface area contributed by atoms with Crippen LogP contribution >= 0.6 is 0 Å². The van der Waals surface area contributed by atoms with Crippen LogP contribution in [0.5, 0.6) is 0 Å². The molecule has 0 aliphatic heterocycles. The molecule has 0 aromatic heterocycles. The minimum absolute atomic E-state index is 0.794. The van der Waals surface area contributed by atoms with E-state index in [1.807, 2.05) is 6.08 Å². The summed E-state index contributed by atoms with van der Waals surface area (Å²) in [5.74, 6) is 0. The van der Waals surface area contributed by atoms with Gasteiger partial charge in [-0.2, -0.15) is 0 Å². The summed E-state index contributed by atoms with van der Waals surface area (Å²) in [7, 11) is 1.74. The molecule has 0 unspecified atom stereocenters. The van der Waals surface area contributed by atoms with Crippen molar-refractivity contribution in [1.82, 2.24) is 0 Å². The molecule has 136 valence electrons. The lowest BCUT2D eigenvalue weighted by Gasteiger charge is -2.09. The van der Waals surface area contributed by atoms with Crippen molar-refractivity contribution in [3.05, 3.63) is 65.8 Å². The zero-order valence-electron chi connectivity index (χ0n) is 16.1. The van der Waals surface area contributed by atoms with E-state index in [9.17, 15) is 0 Å². The fraction of sp³-hybridized carbons (Fsp3) is 0.435. The Bertz CT molecular complexity index is 596. The Morgan fingerprint density at radius 1 is 1.16 bits per heavy atom. The molecule has 0 N–H and O–H groups in total. The van der Waals surface area contributed by atoms with E-state index in [-0.39, 0.29) is 0 Å². The van der Waals surface area contributed by atoms with Crippen LogP contribution in [0.1, 0.15) is 49.3 Å². The van der Waals surface area contributed by atoms with Gasteiger partial charge in [0.1, 0.15) is 0 Å². The summed E-state index contributed by atoms with van der Waals surface area (Å²) < 4.78 is 5.03. The van der Waals surface area contributed by atoms with Crippen LogP contribution in [0.4, 0.5) is 0 Å². The molecule has 2 heteroatoms. The summed E-state index contributed by atoms with van der Waals surface area (Å²) in [5, 5.41) is 0. The highest BCUT2D eigenvalue weighted by Crippen LogP contribution is 2.17. The maximum Gasteiger partial charge on any atom is 0.0496 e. The van der Waals surface area contributed by atoms with Gasteiger partial charge in [0.2, 0.25) is 0 Å². The number of hydrogen-bond donors (Lipinski definition) is 0. The Hall–Kier alpha value is -1.93. The molecule has 1 rings (SSSR count). The second kappa shape index (κ2) is 13.4. The second-order valence-corrected chi connectivity index (χ2v) is 6.13. The van der Waals surface area contributed by atoms with Gasteiger partial charge in [-0.3, -0.25) is 4.99 Å². The molecule has 1 aromatic carbocycles. The topological polar surface area (TPSA) is 21.6 Å². The summed E-state index contributed by atoms with van der Waals surface area (Å²) in [6, 6.07) is 6.43. The number of unbranched alkanes of at least 4 members (excludes halogenated alkanes) is 1. The number of rotatable bonds is 12. The molecule has 2 nitrogen and oxygen atoms in total. The molecule has 0 fully saturated rings. The van der Waals surface area contributed by atoms with E-state index < -0.39 is 0 Å². The van der Waals surface area contributed by atoms with Crippen LogP contribution in [-0.4, -0.2) is 26.0 Å². The van der Waals surface area contributed by atoms with Crippen molar-refractivity contribution in [1.29, 1.82) is 0 Å². The highest BCUT2D eigenvalue weighted by Gasteiger charge is 2.04. The van der Waals surface area contributed by atoms with Gasteiger partial charge in [0, 0.05) is 32.4 Å². The lowest BCUT2D eigenvalue weighted by atomic mass is 9.97. The quantitative estimate of drug-likeness (QED) is 0.261. The van der Waals surface area contributed by atoms with Gasteiger partial charge < -0.3 is 4.74 Å². The van der Waals surface area contributed by atoms with Crippen LogP contribution in [0.15, 0.2) is 54.1 Å². The zero-order valence-corrected chi connectivity index (χ0v) is 16.1. The first-order chi connectivity index (χ1) is 12.2.